The van der Waals surface area contributed by atoms with Gasteiger partial charge in [-0.2, -0.15) is 0 Å². The van der Waals surface area contributed by atoms with Crippen LogP contribution in [0.2, 0.25) is 0 Å². The van der Waals surface area contributed by atoms with Gasteiger partial charge in [-0.05, 0) is 32.1 Å². The molecule has 0 unspecified atom stereocenters. The average molecular weight is 296 g/mol. The minimum absolute atomic E-state index is 0.0132. The number of alkyl halides is 1. The summed E-state index contributed by atoms with van der Waals surface area (Å²) in [5.41, 5.74) is -1.66. The molecule has 4 aliphatic rings. The van der Waals surface area contributed by atoms with Gasteiger partial charge in [0.2, 0.25) is 5.91 Å². The average Bonchev–Trinajstić information content (AvgIpc) is 3.38. The molecule has 4 rings (SSSR count). The van der Waals surface area contributed by atoms with Gasteiger partial charge >= 0.3 is 0 Å². The first-order valence-electron chi connectivity index (χ1n) is 7.97. The Balaban J connectivity index is 1.50. The van der Waals surface area contributed by atoms with Crippen LogP contribution in [0.25, 0.3) is 0 Å². The van der Waals surface area contributed by atoms with Crippen LogP contribution < -0.4 is 5.32 Å². The van der Waals surface area contributed by atoms with Crippen LogP contribution in [-0.2, 0) is 14.3 Å². The Morgan fingerprint density at radius 1 is 1.19 bits per heavy atom. The lowest BCUT2D eigenvalue weighted by Gasteiger charge is -2.39. The minimum atomic E-state index is -1.66. The van der Waals surface area contributed by atoms with Crippen LogP contribution in [0.15, 0.2) is 0 Å². The number of piperidine rings is 1. The Kier molecular flexibility index (Phi) is 3.00. The molecule has 21 heavy (non-hydrogen) atoms. The van der Waals surface area contributed by atoms with Crippen molar-refractivity contribution in [2.45, 2.75) is 49.9 Å². The summed E-state index contributed by atoms with van der Waals surface area (Å²) in [4.78, 5) is 26.2. The van der Waals surface area contributed by atoms with E-state index in [4.69, 9.17) is 4.74 Å². The summed E-state index contributed by atoms with van der Waals surface area (Å²) in [5.74, 6) is -0.513. The third-order valence-electron chi connectivity index (χ3n) is 5.21. The maximum atomic E-state index is 14.0. The predicted molar refractivity (Wildman–Crippen MR) is 72.2 cm³/mol. The van der Waals surface area contributed by atoms with Crippen molar-refractivity contribution in [1.29, 1.82) is 0 Å². The molecule has 1 N–H and O–H groups in total. The van der Waals surface area contributed by atoms with Crippen LogP contribution in [0.4, 0.5) is 4.39 Å². The Labute approximate surface area is 123 Å². The third-order valence-corrected chi connectivity index (χ3v) is 5.21. The van der Waals surface area contributed by atoms with Gasteiger partial charge in [-0.25, -0.2) is 4.39 Å². The molecule has 116 valence electrons. The highest BCUT2D eigenvalue weighted by molar-refractivity contribution is 5.89. The fraction of sp³-hybridized carbons (Fsp3) is 0.867. The van der Waals surface area contributed by atoms with E-state index >= 15 is 0 Å². The topological polar surface area (TPSA) is 58.6 Å². The molecule has 2 heterocycles. The zero-order valence-corrected chi connectivity index (χ0v) is 12.0. The van der Waals surface area contributed by atoms with Gasteiger partial charge in [0.1, 0.15) is 0 Å². The van der Waals surface area contributed by atoms with E-state index < -0.39 is 11.6 Å². The van der Waals surface area contributed by atoms with Crippen molar-refractivity contribution in [2.24, 2.45) is 11.8 Å². The number of hydrogen-bond donors (Lipinski definition) is 1. The van der Waals surface area contributed by atoms with Crippen molar-refractivity contribution >= 4 is 11.8 Å². The van der Waals surface area contributed by atoms with E-state index in [-0.39, 0.29) is 23.8 Å². The van der Waals surface area contributed by atoms with Gasteiger partial charge in [-0.15, -0.1) is 0 Å². The number of halogens is 1. The summed E-state index contributed by atoms with van der Waals surface area (Å²) < 4.78 is 19.7. The smallest absolute Gasteiger partial charge is 0.260 e. The van der Waals surface area contributed by atoms with Crippen molar-refractivity contribution in [3.63, 3.8) is 0 Å². The van der Waals surface area contributed by atoms with Crippen LogP contribution in [0, 0.1) is 11.8 Å². The first-order chi connectivity index (χ1) is 10.1. The molecule has 4 fully saturated rings. The summed E-state index contributed by atoms with van der Waals surface area (Å²) in [6, 6.07) is 0.306. The van der Waals surface area contributed by atoms with Gasteiger partial charge in [-0.1, -0.05) is 0 Å². The second-order valence-corrected chi connectivity index (χ2v) is 6.93. The molecule has 0 radical (unpaired) electrons. The van der Waals surface area contributed by atoms with Gasteiger partial charge in [0.05, 0.1) is 12.0 Å². The molecule has 6 heteroatoms. The Hall–Kier alpha value is -1.17. The van der Waals surface area contributed by atoms with Gasteiger partial charge < -0.3 is 15.0 Å². The molecule has 5 nitrogen and oxygen atoms in total. The van der Waals surface area contributed by atoms with Crippen molar-refractivity contribution in [1.82, 2.24) is 10.2 Å². The number of carbonyl (C=O) groups is 2. The maximum absolute atomic E-state index is 14.0. The monoisotopic (exact) mass is 296 g/mol. The predicted octanol–water partition coefficient (Wildman–Crippen LogP) is 0.631. The molecule has 0 aromatic rings. The normalized spacial score (nSPS) is 37.0. The number of hydrogen-bond acceptors (Lipinski definition) is 3. The second kappa shape index (κ2) is 4.66. The van der Waals surface area contributed by atoms with Gasteiger partial charge in [0.25, 0.3) is 5.91 Å². The number of nitrogens with zero attached hydrogens (tertiary/aromatic N) is 1. The zero-order valence-electron chi connectivity index (χ0n) is 12.0. The second-order valence-electron chi connectivity index (χ2n) is 6.93. The lowest BCUT2D eigenvalue weighted by molar-refractivity contribution is -0.147. The van der Waals surface area contributed by atoms with Crippen molar-refractivity contribution in [2.75, 3.05) is 19.7 Å². The van der Waals surface area contributed by atoms with Crippen molar-refractivity contribution < 1.29 is 18.7 Å². The molecule has 2 saturated carbocycles. The van der Waals surface area contributed by atoms with E-state index in [0.29, 0.717) is 38.6 Å². The first kappa shape index (κ1) is 13.5. The number of fused-ring (bicyclic) bond motifs is 1. The molecule has 0 bridgehead atoms. The van der Waals surface area contributed by atoms with Crippen molar-refractivity contribution in [3.05, 3.63) is 0 Å². The fourth-order valence-corrected chi connectivity index (χ4v) is 3.56. The van der Waals surface area contributed by atoms with Gasteiger partial charge in [0.15, 0.2) is 5.67 Å². The highest BCUT2D eigenvalue weighted by Crippen LogP contribution is 2.43. The lowest BCUT2D eigenvalue weighted by atomic mass is 9.82. The summed E-state index contributed by atoms with van der Waals surface area (Å²) in [5, 5.41) is 3.02. The molecule has 0 spiro atoms. The Morgan fingerprint density at radius 2 is 1.95 bits per heavy atom. The fourth-order valence-electron chi connectivity index (χ4n) is 3.56. The number of ether oxygens (including phenoxy) is 1. The molecular weight excluding hydrogens is 275 g/mol. The van der Waals surface area contributed by atoms with Crippen LogP contribution in [0.3, 0.4) is 0 Å². The summed E-state index contributed by atoms with van der Waals surface area (Å²) >= 11 is 0. The number of carbonyl (C=O) groups excluding carboxylic acids is 2. The molecular formula is C15H21FN2O3. The standard InChI is InChI=1S/C15H21FN2O3/c16-15(4-5-15)14(20)18-7-11(13(19)17-9-1-2-9)10-3-6-21-12(10)8-18/h9-12H,1-8H2,(H,17,19)/t10-,11+,12+/m0/s1. The summed E-state index contributed by atoms with van der Waals surface area (Å²) in [6.45, 7) is 1.40. The number of likely N-dealkylation sites (tertiary alicyclic amines) is 1. The summed E-state index contributed by atoms with van der Waals surface area (Å²) in [6.07, 6.45) is 3.46. The Bertz CT molecular complexity index is 476. The third kappa shape index (κ3) is 2.43. The highest BCUT2D eigenvalue weighted by Gasteiger charge is 2.55. The molecule has 2 amide bonds. The molecule has 2 saturated heterocycles. The highest BCUT2D eigenvalue weighted by atomic mass is 19.1. The van der Waals surface area contributed by atoms with Crippen LogP contribution in [-0.4, -0.2) is 54.2 Å². The van der Waals surface area contributed by atoms with Crippen LogP contribution >= 0.6 is 0 Å². The molecule has 0 aromatic carbocycles. The first-order valence-corrected chi connectivity index (χ1v) is 7.97. The molecule has 0 aromatic heterocycles. The number of rotatable bonds is 3. The largest absolute Gasteiger partial charge is 0.376 e. The number of amides is 2. The van der Waals surface area contributed by atoms with E-state index in [1.54, 1.807) is 0 Å². The van der Waals surface area contributed by atoms with E-state index in [1.807, 2.05) is 0 Å². The van der Waals surface area contributed by atoms with Crippen LogP contribution in [0.5, 0.6) is 0 Å². The minimum Gasteiger partial charge on any atom is -0.376 e. The quantitative estimate of drug-likeness (QED) is 0.831. The van der Waals surface area contributed by atoms with Crippen LogP contribution in [0.1, 0.15) is 32.1 Å². The van der Waals surface area contributed by atoms with Crippen molar-refractivity contribution in [3.8, 4) is 0 Å². The maximum Gasteiger partial charge on any atom is 0.260 e. The number of nitrogens with one attached hydrogen (secondary N) is 1. The lowest BCUT2D eigenvalue weighted by Crippen LogP contribution is -2.56. The Morgan fingerprint density at radius 3 is 2.62 bits per heavy atom. The van der Waals surface area contributed by atoms with E-state index in [9.17, 15) is 14.0 Å². The van der Waals surface area contributed by atoms with E-state index in [0.717, 1.165) is 19.3 Å². The molecule has 2 aliphatic carbocycles. The van der Waals surface area contributed by atoms with E-state index in [2.05, 4.69) is 5.32 Å². The molecule has 2 aliphatic heterocycles. The zero-order chi connectivity index (χ0) is 14.6. The summed E-state index contributed by atoms with van der Waals surface area (Å²) in [7, 11) is 0. The van der Waals surface area contributed by atoms with Gasteiger partial charge in [0, 0.05) is 31.7 Å². The molecule has 3 atom stereocenters. The van der Waals surface area contributed by atoms with Gasteiger partial charge in [-0.3, -0.25) is 9.59 Å². The SMILES string of the molecule is O=C(NC1CC1)[C@@H]1CN(C(=O)C2(F)CC2)C[C@H]2OCC[C@H]21. The van der Waals surface area contributed by atoms with E-state index in [1.165, 1.54) is 4.90 Å².